The molecule has 4 amide bonds. The van der Waals surface area contributed by atoms with E-state index in [9.17, 15) is 18.8 Å². The first kappa shape index (κ1) is 15.9. The first-order valence-electron chi connectivity index (χ1n) is 7.15. The fourth-order valence-electron chi connectivity index (χ4n) is 2.25. The van der Waals surface area contributed by atoms with Crippen molar-refractivity contribution in [2.45, 2.75) is 32.4 Å². The van der Waals surface area contributed by atoms with Crippen molar-refractivity contribution in [3.63, 3.8) is 0 Å². The average molecular weight is 307 g/mol. The highest BCUT2D eigenvalue weighted by Crippen LogP contribution is 2.11. The number of hydrogen-bond donors (Lipinski definition) is 2. The number of benzene rings is 1. The number of carbonyl (C=O) groups is 3. The minimum Gasteiger partial charge on any atom is -0.350 e. The molecule has 0 radical (unpaired) electrons. The van der Waals surface area contributed by atoms with Crippen molar-refractivity contribution in [2.75, 3.05) is 6.54 Å². The van der Waals surface area contributed by atoms with E-state index in [4.69, 9.17) is 0 Å². The molecule has 1 aromatic rings. The Morgan fingerprint density at radius 3 is 2.77 bits per heavy atom. The van der Waals surface area contributed by atoms with E-state index in [0.717, 1.165) is 11.3 Å². The van der Waals surface area contributed by atoms with E-state index < -0.39 is 29.7 Å². The summed E-state index contributed by atoms with van der Waals surface area (Å²) in [7, 11) is 0. The number of imide groups is 1. The summed E-state index contributed by atoms with van der Waals surface area (Å²) in [6.07, 6.45) is 1.29. The minimum absolute atomic E-state index is 0.00748. The van der Waals surface area contributed by atoms with E-state index in [2.05, 4.69) is 10.6 Å². The summed E-state index contributed by atoms with van der Waals surface area (Å²) in [6.45, 7) is 1.55. The van der Waals surface area contributed by atoms with Crippen LogP contribution in [0.1, 0.15) is 25.3 Å². The van der Waals surface area contributed by atoms with Crippen LogP contribution in [-0.2, 0) is 16.1 Å². The second-order valence-corrected chi connectivity index (χ2v) is 5.08. The van der Waals surface area contributed by atoms with Crippen molar-refractivity contribution < 1.29 is 18.8 Å². The van der Waals surface area contributed by atoms with Crippen molar-refractivity contribution >= 4 is 17.8 Å². The van der Waals surface area contributed by atoms with Gasteiger partial charge in [-0.3, -0.25) is 14.5 Å². The summed E-state index contributed by atoms with van der Waals surface area (Å²) in [5.41, 5.74) is 0.344. The van der Waals surface area contributed by atoms with Crippen LogP contribution in [0.25, 0.3) is 0 Å². The average Bonchev–Trinajstić information content (AvgIpc) is 2.74. The molecule has 2 N–H and O–H groups in total. The number of halogens is 1. The van der Waals surface area contributed by atoms with E-state index in [1.54, 1.807) is 18.2 Å². The highest BCUT2D eigenvalue weighted by Gasteiger charge is 2.38. The molecule has 1 unspecified atom stereocenters. The lowest BCUT2D eigenvalue weighted by atomic mass is 10.2. The largest absolute Gasteiger partial charge is 0.350 e. The standard InChI is InChI=1S/C15H18FN3O3/c1-2-5-12-14(21)19(15(22)18-12)9-13(20)17-8-10-6-3-4-7-11(10)16/h3-4,6-7,12H,2,5,8-9H2,1H3,(H,17,20)(H,18,22). The van der Waals surface area contributed by atoms with Crippen LogP contribution in [0.15, 0.2) is 24.3 Å². The van der Waals surface area contributed by atoms with Gasteiger partial charge in [0.1, 0.15) is 18.4 Å². The molecule has 0 aromatic heterocycles. The molecule has 1 fully saturated rings. The van der Waals surface area contributed by atoms with Gasteiger partial charge in [0.15, 0.2) is 0 Å². The number of hydrogen-bond acceptors (Lipinski definition) is 3. The van der Waals surface area contributed by atoms with Gasteiger partial charge < -0.3 is 10.6 Å². The van der Waals surface area contributed by atoms with Crippen LogP contribution in [0.5, 0.6) is 0 Å². The molecule has 1 aliphatic heterocycles. The molecule has 0 aliphatic carbocycles. The van der Waals surface area contributed by atoms with Crippen LogP contribution >= 0.6 is 0 Å². The summed E-state index contributed by atoms with van der Waals surface area (Å²) in [4.78, 5) is 36.4. The minimum atomic E-state index is -0.565. The van der Waals surface area contributed by atoms with Gasteiger partial charge in [0.2, 0.25) is 5.91 Å². The number of urea groups is 1. The Morgan fingerprint density at radius 1 is 1.36 bits per heavy atom. The molecule has 0 bridgehead atoms. The summed E-state index contributed by atoms with van der Waals surface area (Å²) in [5.74, 6) is -1.32. The summed E-state index contributed by atoms with van der Waals surface area (Å²) >= 11 is 0. The first-order valence-corrected chi connectivity index (χ1v) is 7.15. The second kappa shape index (κ2) is 7.02. The van der Waals surface area contributed by atoms with Crippen LogP contribution in [0, 0.1) is 5.82 Å². The predicted molar refractivity (Wildman–Crippen MR) is 77.2 cm³/mol. The molecular weight excluding hydrogens is 289 g/mol. The van der Waals surface area contributed by atoms with E-state index in [1.165, 1.54) is 6.07 Å². The van der Waals surface area contributed by atoms with Gasteiger partial charge >= 0.3 is 6.03 Å². The van der Waals surface area contributed by atoms with E-state index in [-0.39, 0.29) is 13.1 Å². The van der Waals surface area contributed by atoms with Crippen molar-refractivity contribution in [3.8, 4) is 0 Å². The van der Waals surface area contributed by atoms with Crippen LogP contribution < -0.4 is 10.6 Å². The van der Waals surface area contributed by atoms with Crippen molar-refractivity contribution in [1.82, 2.24) is 15.5 Å². The van der Waals surface area contributed by atoms with Crippen LogP contribution in [0.3, 0.4) is 0 Å². The Labute approximate surface area is 127 Å². The molecule has 0 saturated carbocycles. The van der Waals surface area contributed by atoms with Crippen LogP contribution in [0.2, 0.25) is 0 Å². The highest BCUT2D eigenvalue weighted by atomic mass is 19.1. The second-order valence-electron chi connectivity index (χ2n) is 5.08. The lowest BCUT2D eigenvalue weighted by Gasteiger charge is -2.13. The molecule has 1 atom stereocenters. The maximum Gasteiger partial charge on any atom is 0.325 e. The molecule has 1 saturated heterocycles. The zero-order valence-corrected chi connectivity index (χ0v) is 12.3. The van der Waals surface area contributed by atoms with E-state index in [0.29, 0.717) is 12.0 Å². The normalized spacial score (nSPS) is 17.5. The zero-order chi connectivity index (χ0) is 16.1. The number of nitrogens with one attached hydrogen (secondary N) is 2. The molecule has 1 aliphatic rings. The van der Waals surface area contributed by atoms with Gasteiger partial charge in [0, 0.05) is 12.1 Å². The maximum absolute atomic E-state index is 13.4. The van der Waals surface area contributed by atoms with Crippen molar-refractivity contribution in [2.24, 2.45) is 0 Å². The molecule has 1 aromatic carbocycles. The SMILES string of the molecule is CCCC1NC(=O)N(CC(=O)NCc2ccccc2F)C1=O. The summed E-state index contributed by atoms with van der Waals surface area (Å²) < 4.78 is 13.4. The van der Waals surface area contributed by atoms with Crippen LogP contribution in [0.4, 0.5) is 9.18 Å². The van der Waals surface area contributed by atoms with Gasteiger partial charge in [-0.1, -0.05) is 31.5 Å². The van der Waals surface area contributed by atoms with E-state index in [1.807, 2.05) is 6.92 Å². The topological polar surface area (TPSA) is 78.5 Å². The smallest absolute Gasteiger partial charge is 0.325 e. The van der Waals surface area contributed by atoms with Gasteiger partial charge in [-0.05, 0) is 12.5 Å². The Balaban J connectivity index is 1.88. The third-order valence-corrected chi connectivity index (χ3v) is 3.42. The Hall–Kier alpha value is -2.44. The van der Waals surface area contributed by atoms with Crippen molar-refractivity contribution in [3.05, 3.63) is 35.6 Å². The number of carbonyl (C=O) groups excluding carboxylic acids is 3. The molecular formula is C15H18FN3O3. The lowest BCUT2D eigenvalue weighted by molar-refractivity contribution is -0.132. The van der Waals surface area contributed by atoms with Gasteiger partial charge in [-0.2, -0.15) is 0 Å². The molecule has 22 heavy (non-hydrogen) atoms. The number of rotatable bonds is 6. The molecule has 2 rings (SSSR count). The zero-order valence-electron chi connectivity index (χ0n) is 12.3. The Kier molecular flexibility index (Phi) is 5.08. The Bertz CT molecular complexity index is 591. The molecule has 0 spiro atoms. The van der Waals surface area contributed by atoms with Crippen LogP contribution in [-0.4, -0.2) is 35.3 Å². The Morgan fingerprint density at radius 2 is 2.09 bits per heavy atom. The van der Waals surface area contributed by atoms with E-state index >= 15 is 0 Å². The van der Waals surface area contributed by atoms with Crippen molar-refractivity contribution in [1.29, 1.82) is 0 Å². The highest BCUT2D eigenvalue weighted by molar-refractivity contribution is 6.06. The molecule has 118 valence electrons. The molecule has 7 heteroatoms. The van der Waals surface area contributed by atoms with Gasteiger partial charge in [-0.15, -0.1) is 0 Å². The lowest BCUT2D eigenvalue weighted by Crippen LogP contribution is -2.41. The fraction of sp³-hybridized carbons (Fsp3) is 0.400. The third-order valence-electron chi connectivity index (χ3n) is 3.42. The maximum atomic E-state index is 13.4. The summed E-state index contributed by atoms with van der Waals surface area (Å²) in [6, 6.07) is 4.95. The number of nitrogens with zero attached hydrogens (tertiary/aromatic N) is 1. The monoisotopic (exact) mass is 307 g/mol. The summed E-state index contributed by atoms with van der Waals surface area (Å²) in [5, 5.41) is 5.04. The predicted octanol–water partition coefficient (Wildman–Crippen LogP) is 1.16. The third kappa shape index (κ3) is 3.60. The molecule has 1 heterocycles. The quantitative estimate of drug-likeness (QED) is 0.774. The number of amides is 4. The van der Waals surface area contributed by atoms with Gasteiger partial charge in [0.05, 0.1) is 0 Å². The molecule has 6 nitrogen and oxygen atoms in total. The fourth-order valence-corrected chi connectivity index (χ4v) is 2.25. The van der Waals surface area contributed by atoms with Gasteiger partial charge in [-0.25, -0.2) is 9.18 Å². The van der Waals surface area contributed by atoms with Gasteiger partial charge in [0.25, 0.3) is 5.91 Å². The first-order chi connectivity index (χ1) is 10.5.